The SMILES string of the molecule is NC1(N)C2[C@@H](C1(N)N)C13NNC1(N)C(N)(N)C2(N)C3(N)N. The van der Waals surface area contributed by atoms with Crippen LogP contribution in [-0.4, -0.2) is 39.4 Å². The first-order chi connectivity index (χ1) is 9.20. The van der Waals surface area contributed by atoms with Crippen molar-refractivity contribution in [2.45, 2.75) is 39.4 Å². The lowest BCUT2D eigenvalue weighted by Gasteiger charge is -2.75. The second-order valence-electron chi connectivity index (χ2n) is 7.29. The van der Waals surface area contributed by atoms with Crippen LogP contribution in [0.4, 0.5) is 0 Å². The number of hydrazine groups is 1. The van der Waals surface area contributed by atoms with Crippen molar-refractivity contribution in [3.05, 3.63) is 0 Å². The summed E-state index contributed by atoms with van der Waals surface area (Å²) in [5.74, 6) is -1.29. The molecule has 1 saturated heterocycles. The highest BCUT2D eigenvalue weighted by Crippen LogP contribution is 2.73. The van der Waals surface area contributed by atoms with Gasteiger partial charge in [-0.25, -0.2) is 10.9 Å². The Morgan fingerprint density at radius 1 is 0.571 bits per heavy atom. The maximum absolute atomic E-state index is 6.51. The van der Waals surface area contributed by atoms with E-state index in [0.717, 1.165) is 0 Å². The minimum absolute atomic E-state index is 0.591. The molecule has 1 heterocycles. The molecule has 3 aliphatic carbocycles. The second kappa shape index (κ2) is 2.73. The largest absolute Gasteiger partial charge is 0.319 e. The first kappa shape index (κ1) is 14.1. The Kier molecular flexibility index (Phi) is 1.84. The molecule has 4 fully saturated rings. The minimum atomic E-state index is -1.68. The highest BCUT2D eigenvalue weighted by molar-refractivity contribution is 5.59. The molecule has 22 N–H and O–H groups in total. The van der Waals surface area contributed by atoms with Gasteiger partial charge in [-0.15, -0.1) is 0 Å². The topological polar surface area (TPSA) is 284 Å². The van der Waals surface area contributed by atoms with Gasteiger partial charge in [-0.2, -0.15) is 0 Å². The summed E-state index contributed by atoms with van der Waals surface area (Å²) in [5, 5.41) is 0. The summed E-state index contributed by atoms with van der Waals surface area (Å²) in [6, 6.07) is 0. The van der Waals surface area contributed by atoms with E-state index in [1.54, 1.807) is 0 Å². The summed E-state index contributed by atoms with van der Waals surface area (Å²) in [6.45, 7) is 0. The molecule has 1 aliphatic heterocycles. The average molecular weight is 300 g/mol. The number of hydrogen-bond acceptors (Lipinski definition) is 12. The first-order valence-electron chi connectivity index (χ1n) is 6.62. The van der Waals surface area contributed by atoms with E-state index in [2.05, 4.69) is 10.9 Å². The van der Waals surface area contributed by atoms with E-state index in [-0.39, 0.29) is 0 Å². The predicted molar refractivity (Wildman–Crippen MR) is 74.2 cm³/mol. The van der Waals surface area contributed by atoms with E-state index in [1.807, 2.05) is 0 Å². The quantitative estimate of drug-likeness (QED) is 0.186. The molecule has 12 heteroatoms. The molecule has 1 spiro atoms. The summed E-state index contributed by atoms with van der Waals surface area (Å²) in [5.41, 5.74) is 57.7. The van der Waals surface area contributed by atoms with Gasteiger partial charge in [-0.3, -0.25) is 0 Å². The van der Waals surface area contributed by atoms with Crippen LogP contribution in [0.25, 0.3) is 0 Å². The smallest absolute Gasteiger partial charge is 0.136 e. The van der Waals surface area contributed by atoms with Crippen molar-refractivity contribution in [1.29, 1.82) is 0 Å². The second-order valence-corrected chi connectivity index (χ2v) is 7.29. The lowest BCUT2D eigenvalue weighted by molar-refractivity contribution is -0.213. The van der Waals surface area contributed by atoms with Crippen molar-refractivity contribution >= 4 is 0 Å². The average Bonchev–Trinajstić information content (AvgIpc) is 2.53. The van der Waals surface area contributed by atoms with Crippen LogP contribution in [0.5, 0.6) is 0 Å². The number of hydrogen-bond donors (Lipinski definition) is 12. The van der Waals surface area contributed by atoms with Gasteiger partial charge in [0.1, 0.15) is 33.9 Å². The Morgan fingerprint density at radius 2 is 1.05 bits per heavy atom. The normalized spacial score (nSPS) is 59.7. The van der Waals surface area contributed by atoms with E-state index in [0.29, 0.717) is 0 Å². The summed E-state index contributed by atoms with van der Waals surface area (Å²) < 4.78 is 0. The standard InChI is InChI=1S/C9H24N12/c10-3-1-2(6(13,14)5(1,11)12)4(7(3,15)16)9(19,21-20-4)8(3,17)18/h1-2,20-21H,10-19H2/t1?,2-,3?,4?,9?/m1/s1. The van der Waals surface area contributed by atoms with Crippen LogP contribution in [-0.2, 0) is 0 Å². The van der Waals surface area contributed by atoms with Gasteiger partial charge in [-0.1, -0.05) is 0 Å². The molecule has 0 amide bonds. The third-order valence-electron chi connectivity index (χ3n) is 6.82. The summed E-state index contributed by atoms with van der Waals surface area (Å²) in [4.78, 5) is 0. The van der Waals surface area contributed by atoms with Gasteiger partial charge >= 0.3 is 0 Å². The zero-order valence-electron chi connectivity index (χ0n) is 11.4. The molecule has 0 aromatic heterocycles. The Balaban J connectivity index is 2.06. The lowest BCUT2D eigenvalue weighted by Crippen LogP contribution is -3.09. The van der Waals surface area contributed by atoms with Crippen LogP contribution in [0.15, 0.2) is 0 Å². The maximum Gasteiger partial charge on any atom is 0.136 e. The molecule has 0 aromatic rings. The lowest BCUT2D eigenvalue weighted by atomic mass is 9.43. The molecule has 0 radical (unpaired) electrons. The Bertz CT molecular complexity index is 534. The monoisotopic (exact) mass is 300 g/mol. The van der Waals surface area contributed by atoms with E-state index in [9.17, 15) is 0 Å². The molecule has 21 heavy (non-hydrogen) atoms. The molecule has 120 valence electrons. The van der Waals surface area contributed by atoms with Gasteiger partial charge < -0.3 is 57.3 Å². The molecular formula is C9H24N12. The van der Waals surface area contributed by atoms with Crippen LogP contribution in [0.1, 0.15) is 0 Å². The van der Waals surface area contributed by atoms with E-state index in [4.69, 9.17) is 57.3 Å². The summed E-state index contributed by atoms with van der Waals surface area (Å²) in [6.07, 6.45) is 0. The summed E-state index contributed by atoms with van der Waals surface area (Å²) in [7, 11) is 0. The molecule has 0 aromatic carbocycles. The third kappa shape index (κ3) is 0.765. The van der Waals surface area contributed by atoms with Crippen molar-refractivity contribution in [2.75, 3.05) is 0 Å². The van der Waals surface area contributed by atoms with Gasteiger partial charge in [0.05, 0.1) is 5.54 Å². The van der Waals surface area contributed by atoms with Crippen LogP contribution >= 0.6 is 0 Å². The van der Waals surface area contributed by atoms with Crippen LogP contribution in [0.2, 0.25) is 0 Å². The van der Waals surface area contributed by atoms with Crippen LogP contribution in [0, 0.1) is 11.8 Å². The van der Waals surface area contributed by atoms with Crippen molar-refractivity contribution < 1.29 is 0 Å². The van der Waals surface area contributed by atoms with Gasteiger partial charge in [-0.05, 0) is 0 Å². The molecule has 12 nitrogen and oxygen atoms in total. The Morgan fingerprint density at radius 3 is 1.48 bits per heavy atom. The van der Waals surface area contributed by atoms with E-state index < -0.39 is 51.2 Å². The zero-order chi connectivity index (χ0) is 16.1. The number of nitrogens with one attached hydrogen (secondary N) is 2. The number of rotatable bonds is 0. The fraction of sp³-hybridized carbons (Fsp3) is 1.00. The van der Waals surface area contributed by atoms with Gasteiger partial charge in [0, 0.05) is 11.8 Å². The van der Waals surface area contributed by atoms with Gasteiger partial charge in [0.15, 0.2) is 0 Å². The van der Waals surface area contributed by atoms with Crippen molar-refractivity contribution in [2.24, 2.45) is 69.2 Å². The fourth-order valence-electron chi connectivity index (χ4n) is 5.52. The predicted octanol–water partition coefficient (Wildman–Crippen LogP) is -8.09. The highest BCUT2D eigenvalue weighted by atomic mass is 15.7. The van der Waals surface area contributed by atoms with Gasteiger partial charge in [0.2, 0.25) is 0 Å². The third-order valence-corrected chi connectivity index (χ3v) is 6.82. The molecule has 4 aliphatic rings. The van der Waals surface area contributed by atoms with Crippen LogP contribution in [0.3, 0.4) is 0 Å². The van der Waals surface area contributed by atoms with E-state index in [1.165, 1.54) is 0 Å². The Hall–Kier alpha value is -0.480. The molecule has 5 atom stereocenters. The highest BCUT2D eigenvalue weighted by Gasteiger charge is 3.02. The fourth-order valence-corrected chi connectivity index (χ4v) is 5.52. The molecule has 3 saturated carbocycles. The zero-order valence-corrected chi connectivity index (χ0v) is 11.4. The number of nitrogens with two attached hydrogens (primary N) is 10. The van der Waals surface area contributed by atoms with Gasteiger partial charge in [0.25, 0.3) is 0 Å². The molecular weight excluding hydrogens is 276 g/mol. The molecule has 4 rings (SSSR count). The van der Waals surface area contributed by atoms with Crippen molar-refractivity contribution in [1.82, 2.24) is 10.9 Å². The number of fused-ring (bicyclic) bond motifs is 3. The Labute approximate surface area is 120 Å². The minimum Gasteiger partial charge on any atom is -0.319 e. The van der Waals surface area contributed by atoms with Crippen molar-refractivity contribution in [3.63, 3.8) is 0 Å². The molecule has 2 bridgehead atoms. The van der Waals surface area contributed by atoms with E-state index >= 15 is 0 Å². The summed E-state index contributed by atoms with van der Waals surface area (Å²) >= 11 is 0. The molecule has 4 unspecified atom stereocenters. The maximum atomic E-state index is 6.51. The van der Waals surface area contributed by atoms with Crippen molar-refractivity contribution in [3.8, 4) is 0 Å². The van der Waals surface area contributed by atoms with Crippen LogP contribution < -0.4 is 68.2 Å². The first-order valence-corrected chi connectivity index (χ1v) is 6.62.